The van der Waals surface area contributed by atoms with Crippen LogP contribution in [-0.4, -0.2) is 69.7 Å². The van der Waals surface area contributed by atoms with E-state index < -0.39 is 10.0 Å². The summed E-state index contributed by atoms with van der Waals surface area (Å²) in [6, 6.07) is 7.23. The van der Waals surface area contributed by atoms with Gasteiger partial charge in [-0.25, -0.2) is 8.42 Å². The zero-order chi connectivity index (χ0) is 24.1. The van der Waals surface area contributed by atoms with Gasteiger partial charge in [-0.05, 0) is 70.2 Å². The van der Waals surface area contributed by atoms with Gasteiger partial charge in [0.05, 0.1) is 10.6 Å². The summed E-state index contributed by atoms with van der Waals surface area (Å²) in [5.74, 6) is 1.17. The lowest BCUT2D eigenvalue weighted by molar-refractivity contribution is -0.131. The second-order valence-corrected chi connectivity index (χ2v) is 12.0. The SMILES string of the molecule is CCn1c(SCC(=O)N2CCCC[C@H]2C)nnc1-c1ccc(S(=O)(=O)N2CCCCCC2)cc1. The second-order valence-electron chi connectivity index (χ2n) is 9.11. The van der Waals surface area contributed by atoms with E-state index in [4.69, 9.17) is 0 Å². The van der Waals surface area contributed by atoms with E-state index in [1.54, 1.807) is 28.6 Å². The minimum atomic E-state index is -3.48. The van der Waals surface area contributed by atoms with Crippen LogP contribution < -0.4 is 0 Å². The van der Waals surface area contributed by atoms with E-state index in [1.165, 1.54) is 18.2 Å². The van der Waals surface area contributed by atoms with Crippen molar-refractivity contribution >= 4 is 27.7 Å². The van der Waals surface area contributed by atoms with Crippen LogP contribution in [0.5, 0.6) is 0 Å². The Labute approximate surface area is 207 Å². The first-order valence-corrected chi connectivity index (χ1v) is 14.8. The predicted molar refractivity (Wildman–Crippen MR) is 134 cm³/mol. The average molecular weight is 506 g/mol. The summed E-state index contributed by atoms with van der Waals surface area (Å²) in [4.78, 5) is 15.0. The van der Waals surface area contributed by atoms with Crippen molar-refractivity contribution in [2.45, 2.75) is 81.4 Å². The summed E-state index contributed by atoms with van der Waals surface area (Å²) in [6.45, 7) is 6.80. The quantitative estimate of drug-likeness (QED) is 0.528. The molecule has 1 amide bonds. The Bertz CT molecular complexity index is 1080. The van der Waals surface area contributed by atoms with Gasteiger partial charge in [-0.2, -0.15) is 4.31 Å². The lowest BCUT2D eigenvalue weighted by atomic mass is 10.0. The van der Waals surface area contributed by atoms with E-state index in [0.717, 1.165) is 50.6 Å². The summed E-state index contributed by atoms with van der Waals surface area (Å²) >= 11 is 1.41. The van der Waals surface area contributed by atoms with Crippen molar-refractivity contribution in [3.05, 3.63) is 24.3 Å². The maximum atomic E-state index is 13.1. The van der Waals surface area contributed by atoms with Gasteiger partial charge in [-0.15, -0.1) is 10.2 Å². The van der Waals surface area contributed by atoms with Crippen LogP contribution in [0, 0.1) is 0 Å². The highest BCUT2D eigenvalue weighted by atomic mass is 32.2. The standard InChI is InChI=1S/C24H35N5O3S2/c1-3-28-23(25-26-24(28)33-18-22(30)29-17-9-6-10-19(29)2)20-11-13-21(14-12-20)34(31,32)27-15-7-4-5-8-16-27/h11-14,19H,3-10,15-18H2,1-2H3/t19-/m1/s1. The lowest BCUT2D eigenvalue weighted by Crippen LogP contribution is -2.43. The van der Waals surface area contributed by atoms with Gasteiger partial charge in [-0.3, -0.25) is 4.79 Å². The Morgan fingerprint density at radius 1 is 1.00 bits per heavy atom. The highest BCUT2D eigenvalue weighted by Gasteiger charge is 2.26. The predicted octanol–water partition coefficient (Wildman–Crippen LogP) is 4.02. The monoisotopic (exact) mass is 505 g/mol. The molecule has 10 heteroatoms. The van der Waals surface area contributed by atoms with Crippen LogP contribution in [0.4, 0.5) is 0 Å². The molecule has 2 aromatic rings. The van der Waals surface area contributed by atoms with Gasteiger partial charge in [0.1, 0.15) is 0 Å². The topological polar surface area (TPSA) is 88.4 Å². The summed E-state index contributed by atoms with van der Waals surface area (Å²) in [5.41, 5.74) is 0.812. The van der Waals surface area contributed by atoms with Gasteiger partial charge in [0, 0.05) is 37.8 Å². The number of sulfonamides is 1. The number of rotatable bonds is 7. The Hall–Kier alpha value is -1.91. The number of nitrogens with zero attached hydrogens (tertiary/aromatic N) is 5. The molecule has 0 bridgehead atoms. The minimum Gasteiger partial charge on any atom is -0.339 e. The zero-order valence-electron chi connectivity index (χ0n) is 20.1. The molecule has 4 rings (SSSR count). The maximum absolute atomic E-state index is 13.1. The molecule has 0 N–H and O–H groups in total. The number of amides is 1. The first-order valence-electron chi connectivity index (χ1n) is 12.4. The van der Waals surface area contributed by atoms with Crippen LogP contribution in [0.25, 0.3) is 11.4 Å². The van der Waals surface area contributed by atoms with Crippen LogP contribution in [0.1, 0.15) is 58.8 Å². The van der Waals surface area contributed by atoms with E-state index in [2.05, 4.69) is 17.1 Å². The van der Waals surface area contributed by atoms with Crippen molar-refractivity contribution in [3.63, 3.8) is 0 Å². The molecule has 0 spiro atoms. The molecule has 1 aromatic heterocycles. The normalized spacial score (nSPS) is 20.3. The fourth-order valence-electron chi connectivity index (χ4n) is 4.78. The van der Waals surface area contributed by atoms with Gasteiger partial charge < -0.3 is 9.47 Å². The summed E-state index contributed by atoms with van der Waals surface area (Å²) in [6.07, 6.45) is 7.31. The maximum Gasteiger partial charge on any atom is 0.243 e. The van der Waals surface area contributed by atoms with Crippen molar-refractivity contribution in [1.29, 1.82) is 0 Å². The number of hydrogen-bond acceptors (Lipinski definition) is 6. The fraction of sp³-hybridized carbons (Fsp3) is 0.625. The molecule has 2 fully saturated rings. The van der Waals surface area contributed by atoms with Crippen molar-refractivity contribution in [1.82, 2.24) is 24.0 Å². The molecule has 186 valence electrons. The molecule has 0 unspecified atom stereocenters. The van der Waals surface area contributed by atoms with E-state index in [-0.39, 0.29) is 5.91 Å². The third-order valence-corrected chi connectivity index (χ3v) is 9.66. The van der Waals surface area contributed by atoms with E-state index in [1.807, 2.05) is 16.4 Å². The Balaban J connectivity index is 1.46. The van der Waals surface area contributed by atoms with Gasteiger partial charge in [0.15, 0.2) is 11.0 Å². The summed E-state index contributed by atoms with van der Waals surface area (Å²) < 4.78 is 29.7. The molecule has 8 nitrogen and oxygen atoms in total. The van der Waals surface area contributed by atoms with Crippen molar-refractivity contribution in [2.75, 3.05) is 25.4 Å². The van der Waals surface area contributed by atoms with Crippen molar-refractivity contribution in [2.24, 2.45) is 0 Å². The van der Waals surface area contributed by atoms with Gasteiger partial charge >= 0.3 is 0 Å². The lowest BCUT2D eigenvalue weighted by Gasteiger charge is -2.33. The summed E-state index contributed by atoms with van der Waals surface area (Å²) in [5, 5.41) is 9.40. The number of hydrogen-bond donors (Lipinski definition) is 0. The molecule has 1 atom stereocenters. The van der Waals surface area contributed by atoms with Crippen molar-refractivity contribution in [3.8, 4) is 11.4 Å². The van der Waals surface area contributed by atoms with E-state index >= 15 is 0 Å². The Morgan fingerprint density at radius 3 is 2.32 bits per heavy atom. The molecule has 3 heterocycles. The Kier molecular flexibility index (Phi) is 8.31. The molecular formula is C24H35N5O3S2. The number of likely N-dealkylation sites (tertiary alicyclic amines) is 1. The molecular weight excluding hydrogens is 470 g/mol. The van der Waals surface area contributed by atoms with E-state index in [9.17, 15) is 13.2 Å². The smallest absolute Gasteiger partial charge is 0.243 e. The highest BCUT2D eigenvalue weighted by molar-refractivity contribution is 7.99. The van der Waals surface area contributed by atoms with Crippen LogP contribution in [0.3, 0.4) is 0 Å². The first kappa shape index (κ1) is 25.2. The number of carbonyl (C=O) groups is 1. The molecule has 0 radical (unpaired) electrons. The van der Waals surface area contributed by atoms with Crippen LogP contribution >= 0.6 is 11.8 Å². The molecule has 0 saturated carbocycles. The average Bonchev–Trinajstić information content (AvgIpc) is 3.05. The van der Waals surface area contributed by atoms with E-state index in [0.29, 0.717) is 47.3 Å². The zero-order valence-corrected chi connectivity index (χ0v) is 21.8. The van der Waals surface area contributed by atoms with Crippen LogP contribution in [-0.2, 0) is 21.4 Å². The molecule has 2 aliphatic rings. The minimum absolute atomic E-state index is 0.146. The van der Waals surface area contributed by atoms with Crippen LogP contribution in [0.2, 0.25) is 0 Å². The number of piperidine rings is 1. The number of carbonyl (C=O) groups excluding carboxylic acids is 1. The summed E-state index contributed by atoms with van der Waals surface area (Å²) in [7, 11) is -3.48. The number of thioether (sulfide) groups is 1. The third-order valence-electron chi connectivity index (χ3n) is 6.80. The second kappa shape index (κ2) is 11.2. The molecule has 34 heavy (non-hydrogen) atoms. The molecule has 0 aliphatic carbocycles. The van der Waals surface area contributed by atoms with Gasteiger partial charge in [-0.1, -0.05) is 24.6 Å². The van der Waals surface area contributed by atoms with Crippen molar-refractivity contribution < 1.29 is 13.2 Å². The highest BCUT2D eigenvalue weighted by Crippen LogP contribution is 2.27. The molecule has 1 aromatic carbocycles. The van der Waals surface area contributed by atoms with Gasteiger partial charge in [0.25, 0.3) is 0 Å². The number of aromatic nitrogens is 3. The Morgan fingerprint density at radius 2 is 1.68 bits per heavy atom. The fourth-order valence-corrected chi connectivity index (χ4v) is 7.18. The largest absolute Gasteiger partial charge is 0.339 e. The molecule has 2 aliphatic heterocycles. The third kappa shape index (κ3) is 5.49. The number of benzene rings is 1. The molecule has 2 saturated heterocycles. The van der Waals surface area contributed by atoms with Gasteiger partial charge in [0.2, 0.25) is 15.9 Å². The van der Waals surface area contributed by atoms with Crippen LogP contribution in [0.15, 0.2) is 34.3 Å². The first-order chi connectivity index (χ1) is 16.4.